The van der Waals surface area contributed by atoms with Gasteiger partial charge in [0.15, 0.2) is 0 Å². The molecule has 140 valence electrons. The maximum Gasteiger partial charge on any atom is 0.245 e. The van der Waals surface area contributed by atoms with E-state index in [1.54, 1.807) is 19.1 Å². The van der Waals surface area contributed by atoms with Crippen LogP contribution in [0, 0.1) is 0 Å². The van der Waals surface area contributed by atoms with E-state index in [9.17, 15) is 5.11 Å². The average Bonchev–Trinajstić information content (AvgIpc) is 2.73. The van der Waals surface area contributed by atoms with Gasteiger partial charge in [-0.1, -0.05) is 0 Å². The molecule has 0 aliphatic carbocycles. The second kappa shape index (κ2) is 8.46. The van der Waals surface area contributed by atoms with E-state index in [4.69, 9.17) is 14.5 Å². The minimum atomic E-state index is 0.0119. The van der Waals surface area contributed by atoms with Crippen LogP contribution in [0.5, 0.6) is 11.5 Å². The summed E-state index contributed by atoms with van der Waals surface area (Å²) in [6, 6.07) is 15.2. The first kappa shape index (κ1) is 18.6. The van der Waals surface area contributed by atoms with Gasteiger partial charge in [-0.25, -0.2) is 4.98 Å². The fourth-order valence-corrected chi connectivity index (χ4v) is 2.62. The van der Waals surface area contributed by atoms with Gasteiger partial charge in [0.2, 0.25) is 5.95 Å². The first-order valence-electron chi connectivity index (χ1n) is 8.52. The minimum absolute atomic E-state index is 0.0119. The van der Waals surface area contributed by atoms with Gasteiger partial charge < -0.3 is 19.5 Å². The second-order valence-corrected chi connectivity index (χ2v) is 5.91. The zero-order valence-electron chi connectivity index (χ0n) is 15.6. The molecular weight excluding hydrogens is 344 g/mol. The monoisotopic (exact) mass is 366 g/mol. The Morgan fingerprint density at radius 1 is 0.815 bits per heavy atom. The summed E-state index contributed by atoms with van der Waals surface area (Å²) in [5, 5.41) is 17.8. The first-order chi connectivity index (χ1) is 13.2. The molecule has 0 saturated carbocycles. The van der Waals surface area contributed by atoms with Gasteiger partial charge in [-0.3, -0.25) is 0 Å². The van der Waals surface area contributed by atoms with Gasteiger partial charge in [-0.05, 0) is 48.5 Å². The molecule has 0 saturated heterocycles. The molecule has 0 aliphatic heterocycles. The molecule has 3 rings (SSSR count). The molecule has 0 radical (unpaired) electrons. The van der Waals surface area contributed by atoms with Crippen molar-refractivity contribution in [2.24, 2.45) is 0 Å². The smallest absolute Gasteiger partial charge is 0.245 e. The standard InChI is InChI=1S/C20H22N4O3/c1-24(12-13-25)20-21-18(14-4-8-16(26-2)9-5-14)19(22-23-20)15-6-10-17(27-3)11-7-15/h4-11,25H,12-13H2,1-3H3. The Hall–Kier alpha value is -3.19. The van der Waals surface area contributed by atoms with Crippen molar-refractivity contribution < 1.29 is 14.6 Å². The van der Waals surface area contributed by atoms with Crippen LogP contribution in [0.1, 0.15) is 0 Å². The first-order valence-corrected chi connectivity index (χ1v) is 8.52. The number of aliphatic hydroxyl groups excluding tert-OH is 1. The second-order valence-electron chi connectivity index (χ2n) is 5.91. The normalized spacial score (nSPS) is 10.5. The number of hydrogen-bond donors (Lipinski definition) is 1. The number of nitrogens with zero attached hydrogens (tertiary/aromatic N) is 4. The van der Waals surface area contributed by atoms with Crippen molar-refractivity contribution in [2.75, 3.05) is 39.3 Å². The molecule has 0 amide bonds. The Bertz CT molecular complexity index is 883. The van der Waals surface area contributed by atoms with Crippen LogP contribution in [0.2, 0.25) is 0 Å². The third-order valence-corrected chi connectivity index (χ3v) is 4.18. The molecule has 7 heteroatoms. The fourth-order valence-electron chi connectivity index (χ4n) is 2.62. The number of likely N-dealkylation sites (N-methyl/N-ethyl adjacent to an activating group) is 1. The molecule has 0 atom stereocenters. The van der Waals surface area contributed by atoms with Gasteiger partial charge in [0.25, 0.3) is 0 Å². The summed E-state index contributed by atoms with van der Waals surface area (Å²) in [4.78, 5) is 6.47. The van der Waals surface area contributed by atoms with E-state index in [0.29, 0.717) is 23.9 Å². The van der Waals surface area contributed by atoms with Gasteiger partial charge in [0.05, 0.1) is 20.8 Å². The van der Waals surface area contributed by atoms with E-state index in [2.05, 4.69) is 10.2 Å². The van der Waals surface area contributed by atoms with Gasteiger partial charge in [0, 0.05) is 24.7 Å². The average molecular weight is 366 g/mol. The molecule has 1 heterocycles. The summed E-state index contributed by atoms with van der Waals surface area (Å²) in [6.07, 6.45) is 0. The zero-order valence-corrected chi connectivity index (χ0v) is 15.6. The zero-order chi connectivity index (χ0) is 19.2. The summed E-state index contributed by atoms with van der Waals surface area (Å²) in [5.41, 5.74) is 3.16. The third kappa shape index (κ3) is 4.15. The Kier molecular flexibility index (Phi) is 5.83. The van der Waals surface area contributed by atoms with Crippen molar-refractivity contribution in [1.29, 1.82) is 0 Å². The number of methoxy groups -OCH3 is 2. The van der Waals surface area contributed by atoms with Crippen LogP contribution in [0.3, 0.4) is 0 Å². The molecule has 27 heavy (non-hydrogen) atoms. The molecule has 1 aromatic heterocycles. The van der Waals surface area contributed by atoms with Gasteiger partial charge >= 0.3 is 0 Å². The molecule has 7 nitrogen and oxygen atoms in total. The summed E-state index contributed by atoms with van der Waals surface area (Å²) in [7, 11) is 5.08. The van der Waals surface area contributed by atoms with E-state index in [-0.39, 0.29) is 6.61 Å². The van der Waals surface area contributed by atoms with Gasteiger partial charge in [-0.2, -0.15) is 0 Å². The van der Waals surface area contributed by atoms with Crippen molar-refractivity contribution in [3.05, 3.63) is 48.5 Å². The van der Waals surface area contributed by atoms with E-state index in [1.165, 1.54) is 0 Å². The topological polar surface area (TPSA) is 80.6 Å². The molecule has 0 bridgehead atoms. The Balaban J connectivity index is 2.10. The number of anilines is 1. The Morgan fingerprint density at radius 2 is 1.33 bits per heavy atom. The summed E-state index contributed by atoms with van der Waals surface area (Å²) >= 11 is 0. The Labute approximate surface area is 158 Å². The summed E-state index contributed by atoms with van der Waals surface area (Å²) in [6.45, 7) is 0.434. The highest BCUT2D eigenvalue weighted by Crippen LogP contribution is 2.31. The maximum atomic E-state index is 9.18. The summed E-state index contributed by atoms with van der Waals surface area (Å²) < 4.78 is 10.5. The molecule has 0 aliphatic rings. The van der Waals surface area contributed by atoms with Crippen LogP contribution in [-0.4, -0.2) is 54.7 Å². The minimum Gasteiger partial charge on any atom is -0.497 e. The molecule has 0 unspecified atom stereocenters. The number of hydrogen-bond acceptors (Lipinski definition) is 7. The predicted molar refractivity (Wildman–Crippen MR) is 104 cm³/mol. The van der Waals surface area contributed by atoms with Crippen LogP contribution >= 0.6 is 0 Å². The van der Waals surface area contributed by atoms with Crippen LogP contribution in [0.25, 0.3) is 22.5 Å². The van der Waals surface area contributed by atoms with Crippen molar-refractivity contribution in [2.45, 2.75) is 0 Å². The molecule has 0 spiro atoms. The maximum absolute atomic E-state index is 9.18. The number of rotatable bonds is 7. The highest BCUT2D eigenvalue weighted by molar-refractivity contribution is 5.78. The third-order valence-electron chi connectivity index (χ3n) is 4.18. The Morgan fingerprint density at radius 3 is 1.81 bits per heavy atom. The quantitative estimate of drug-likeness (QED) is 0.688. The number of ether oxygens (including phenoxy) is 2. The SMILES string of the molecule is COc1ccc(-c2nnc(N(C)CCO)nc2-c2ccc(OC)cc2)cc1. The number of benzene rings is 2. The number of aromatic nitrogens is 3. The van der Waals surface area contributed by atoms with E-state index in [0.717, 1.165) is 22.6 Å². The molecule has 1 N–H and O–H groups in total. The summed E-state index contributed by atoms with van der Waals surface area (Å²) in [5.74, 6) is 1.99. The molecule has 0 fully saturated rings. The largest absolute Gasteiger partial charge is 0.497 e. The number of aliphatic hydroxyl groups is 1. The van der Waals surface area contributed by atoms with Crippen LogP contribution < -0.4 is 14.4 Å². The van der Waals surface area contributed by atoms with Crippen molar-refractivity contribution in [3.63, 3.8) is 0 Å². The lowest BCUT2D eigenvalue weighted by molar-refractivity contribution is 0.303. The lowest BCUT2D eigenvalue weighted by atomic mass is 10.0. The van der Waals surface area contributed by atoms with Crippen LogP contribution in [0.4, 0.5) is 5.95 Å². The van der Waals surface area contributed by atoms with Crippen molar-refractivity contribution in [3.8, 4) is 34.0 Å². The molecule has 2 aromatic carbocycles. The van der Waals surface area contributed by atoms with E-state index < -0.39 is 0 Å². The lowest BCUT2D eigenvalue weighted by Crippen LogP contribution is -2.24. The van der Waals surface area contributed by atoms with E-state index >= 15 is 0 Å². The van der Waals surface area contributed by atoms with Gasteiger partial charge in [-0.15, -0.1) is 10.2 Å². The highest BCUT2D eigenvalue weighted by atomic mass is 16.5. The van der Waals surface area contributed by atoms with Crippen LogP contribution in [-0.2, 0) is 0 Å². The van der Waals surface area contributed by atoms with Crippen LogP contribution in [0.15, 0.2) is 48.5 Å². The molecule has 3 aromatic rings. The van der Waals surface area contributed by atoms with Gasteiger partial charge in [0.1, 0.15) is 22.9 Å². The van der Waals surface area contributed by atoms with Crippen molar-refractivity contribution in [1.82, 2.24) is 15.2 Å². The predicted octanol–water partition coefficient (Wildman–Crippen LogP) is 2.65. The lowest BCUT2D eigenvalue weighted by Gasteiger charge is -2.17. The van der Waals surface area contributed by atoms with Crippen molar-refractivity contribution >= 4 is 5.95 Å². The fraction of sp³-hybridized carbons (Fsp3) is 0.250. The highest BCUT2D eigenvalue weighted by Gasteiger charge is 2.15. The van der Waals surface area contributed by atoms with E-state index in [1.807, 2.05) is 55.6 Å². The molecular formula is C20H22N4O3.